The molecule has 1 amide bonds. The molecular weight excluding hydrogens is 379 g/mol. The molecule has 2 aromatic rings. The molecule has 2 heterocycles. The summed E-state index contributed by atoms with van der Waals surface area (Å²) in [6.45, 7) is 6.29. The van der Waals surface area contributed by atoms with Crippen molar-refractivity contribution in [2.24, 2.45) is 0 Å². The molecule has 0 unspecified atom stereocenters. The molecule has 0 saturated carbocycles. The van der Waals surface area contributed by atoms with Gasteiger partial charge in [-0.1, -0.05) is 42.1 Å². The van der Waals surface area contributed by atoms with Crippen LogP contribution < -0.4 is 9.64 Å². The number of carbonyl (C=O) groups excluding carboxylic acids is 1. The van der Waals surface area contributed by atoms with E-state index in [0.717, 1.165) is 0 Å². The van der Waals surface area contributed by atoms with Crippen LogP contribution >= 0.6 is 23.2 Å². The topological polar surface area (TPSA) is 71.7 Å². The van der Waals surface area contributed by atoms with E-state index >= 15 is 0 Å². The molecule has 26 heavy (non-hydrogen) atoms. The monoisotopic (exact) mass is 398 g/mol. The van der Waals surface area contributed by atoms with Crippen molar-refractivity contribution in [1.82, 2.24) is 15.1 Å². The lowest BCUT2D eigenvalue weighted by Crippen LogP contribution is -2.50. The summed E-state index contributed by atoms with van der Waals surface area (Å²) in [5.41, 5.74) is 0. The number of piperazine rings is 1. The smallest absolute Gasteiger partial charge is 0.318 e. The second-order valence-corrected chi connectivity index (χ2v) is 7.15. The summed E-state index contributed by atoms with van der Waals surface area (Å²) >= 11 is 12.0. The highest BCUT2D eigenvalue weighted by molar-refractivity contribution is 6.34. The molecule has 9 heteroatoms. The van der Waals surface area contributed by atoms with Gasteiger partial charge in [-0.15, -0.1) is 5.10 Å². The summed E-state index contributed by atoms with van der Waals surface area (Å²) in [6.07, 6.45) is 0. The van der Waals surface area contributed by atoms with Crippen molar-refractivity contribution in [3.05, 3.63) is 34.1 Å². The van der Waals surface area contributed by atoms with Crippen LogP contribution in [0.5, 0.6) is 5.75 Å². The molecule has 0 bridgehead atoms. The third-order valence-corrected chi connectivity index (χ3v) is 4.62. The van der Waals surface area contributed by atoms with E-state index in [-0.39, 0.29) is 18.4 Å². The maximum atomic E-state index is 12.4. The quantitative estimate of drug-likeness (QED) is 0.769. The number of carbonyl (C=O) groups is 1. The molecule has 0 spiro atoms. The Bertz CT molecular complexity index is 773. The molecule has 1 aromatic heterocycles. The minimum atomic E-state index is -0.103. The zero-order chi connectivity index (χ0) is 18.7. The normalized spacial score (nSPS) is 14.8. The predicted octanol–water partition coefficient (Wildman–Crippen LogP) is 3.23. The van der Waals surface area contributed by atoms with Gasteiger partial charge in [0.1, 0.15) is 5.75 Å². The van der Waals surface area contributed by atoms with E-state index in [2.05, 4.69) is 10.2 Å². The van der Waals surface area contributed by atoms with E-state index in [0.29, 0.717) is 53.9 Å². The molecule has 0 N–H and O–H groups in total. The molecule has 0 radical (unpaired) electrons. The molecule has 7 nitrogen and oxygen atoms in total. The van der Waals surface area contributed by atoms with Crippen LogP contribution in [0.2, 0.25) is 10.0 Å². The van der Waals surface area contributed by atoms with Crippen LogP contribution in [0.4, 0.5) is 6.01 Å². The fourth-order valence-electron chi connectivity index (χ4n) is 2.55. The number of benzene rings is 1. The van der Waals surface area contributed by atoms with Gasteiger partial charge >= 0.3 is 6.01 Å². The summed E-state index contributed by atoms with van der Waals surface area (Å²) in [5.74, 6) is 1.10. The number of anilines is 1. The number of hydrogen-bond acceptors (Lipinski definition) is 6. The van der Waals surface area contributed by atoms with E-state index in [1.807, 2.05) is 18.7 Å². The Balaban J connectivity index is 1.51. The fraction of sp³-hybridized carbons (Fsp3) is 0.471. The van der Waals surface area contributed by atoms with Crippen LogP contribution in [0.3, 0.4) is 0 Å². The lowest BCUT2D eigenvalue weighted by atomic mass is 10.2. The number of aromatic nitrogens is 2. The highest BCUT2D eigenvalue weighted by Gasteiger charge is 2.25. The second kappa shape index (κ2) is 8.14. The first kappa shape index (κ1) is 18.8. The Kier molecular flexibility index (Phi) is 5.88. The van der Waals surface area contributed by atoms with Gasteiger partial charge < -0.3 is 19.0 Å². The van der Waals surface area contributed by atoms with Crippen molar-refractivity contribution in [3.8, 4) is 5.75 Å². The molecular formula is C17H20Cl2N4O3. The van der Waals surface area contributed by atoms with Gasteiger partial charge in [0.2, 0.25) is 5.89 Å². The molecule has 1 saturated heterocycles. The summed E-state index contributed by atoms with van der Waals surface area (Å²) in [5, 5.41) is 9.05. The molecule has 1 aliphatic heterocycles. The van der Waals surface area contributed by atoms with Crippen LogP contribution in [-0.4, -0.2) is 53.8 Å². The van der Waals surface area contributed by atoms with Crippen molar-refractivity contribution in [3.63, 3.8) is 0 Å². The van der Waals surface area contributed by atoms with Gasteiger partial charge in [-0.25, -0.2) is 0 Å². The van der Waals surface area contributed by atoms with Crippen LogP contribution in [0.15, 0.2) is 22.6 Å². The molecule has 0 aliphatic carbocycles. The van der Waals surface area contributed by atoms with Gasteiger partial charge in [0, 0.05) is 43.2 Å². The number of hydrogen-bond donors (Lipinski definition) is 0. The Morgan fingerprint density at radius 1 is 1.23 bits per heavy atom. The zero-order valence-electron chi connectivity index (χ0n) is 14.6. The first-order valence-electron chi connectivity index (χ1n) is 8.38. The average Bonchev–Trinajstić information content (AvgIpc) is 3.13. The number of nitrogens with zero attached hydrogens (tertiary/aromatic N) is 4. The largest absolute Gasteiger partial charge is 0.482 e. The van der Waals surface area contributed by atoms with Crippen LogP contribution in [0.25, 0.3) is 0 Å². The Morgan fingerprint density at radius 3 is 2.62 bits per heavy atom. The number of ether oxygens (including phenoxy) is 1. The van der Waals surface area contributed by atoms with Crippen LogP contribution in [0, 0.1) is 0 Å². The van der Waals surface area contributed by atoms with Gasteiger partial charge in [-0.3, -0.25) is 4.79 Å². The summed E-state index contributed by atoms with van der Waals surface area (Å²) < 4.78 is 11.2. The maximum absolute atomic E-state index is 12.4. The lowest BCUT2D eigenvalue weighted by Gasteiger charge is -2.33. The number of rotatable bonds is 5. The van der Waals surface area contributed by atoms with Gasteiger partial charge in [0.15, 0.2) is 6.61 Å². The van der Waals surface area contributed by atoms with E-state index in [4.69, 9.17) is 32.4 Å². The third kappa shape index (κ3) is 4.40. The van der Waals surface area contributed by atoms with Crippen molar-refractivity contribution < 1.29 is 13.9 Å². The highest BCUT2D eigenvalue weighted by Crippen LogP contribution is 2.27. The molecule has 1 fully saturated rings. The van der Waals surface area contributed by atoms with E-state index in [1.165, 1.54) is 0 Å². The average molecular weight is 399 g/mol. The third-order valence-electron chi connectivity index (χ3n) is 4.07. The summed E-state index contributed by atoms with van der Waals surface area (Å²) in [4.78, 5) is 16.1. The standard InChI is InChI=1S/C17H20Cl2N4O3/c1-11(2)16-20-21-17(26-16)23-7-5-22(6-8-23)15(24)10-25-14-9-12(18)3-4-13(14)19/h3-4,9,11H,5-8,10H2,1-2H3. The summed E-state index contributed by atoms with van der Waals surface area (Å²) in [6, 6.07) is 5.40. The lowest BCUT2D eigenvalue weighted by molar-refractivity contribution is -0.133. The van der Waals surface area contributed by atoms with Crippen molar-refractivity contribution >= 4 is 35.1 Å². The van der Waals surface area contributed by atoms with E-state index in [1.54, 1.807) is 23.1 Å². The molecule has 3 rings (SSSR count). The minimum absolute atomic E-state index is 0.0852. The second-order valence-electron chi connectivity index (χ2n) is 6.31. The molecule has 0 atom stereocenters. The van der Waals surface area contributed by atoms with Crippen molar-refractivity contribution in [2.45, 2.75) is 19.8 Å². The van der Waals surface area contributed by atoms with E-state index < -0.39 is 0 Å². The zero-order valence-corrected chi connectivity index (χ0v) is 16.1. The van der Waals surface area contributed by atoms with Gasteiger partial charge in [0.25, 0.3) is 5.91 Å². The SMILES string of the molecule is CC(C)c1nnc(N2CCN(C(=O)COc3cc(Cl)ccc3Cl)CC2)o1. The van der Waals surface area contributed by atoms with Crippen molar-refractivity contribution in [1.29, 1.82) is 0 Å². The first-order chi connectivity index (χ1) is 12.4. The van der Waals surface area contributed by atoms with Crippen LogP contribution in [0.1, 0.15) is 25.7 Å². The van der Waals surface area contributed by atoms with Crippen molar-refractivity contribution in [2.75, 3.05) is 37.7 Å². The first-order valence-corrected chi connectivity index (χ1v) is 9.13. The molecule has 1 aliphatic rings. The Morgan fingerprint density at radius 2 is 1.96 bits per heavy atom. The van der Waals surface area contributed by atoms with Gasteiger partial charge in [-0.05, 0) is 12.1 Å². The predicted molar refractivity (Wildman–Crippen MR) is 99.1 cm³/mol. The highest BCUT2D eigenvalue weighted by atomic mass is 35.5. The van der Waals surface area contributed by atoms with E-state index in [9.17, 15) is 4.79 Å². The maximum Gasteiger partial charge on any atom is 0.318 e. The molecule has 140 valence electrons. The number of amides is 1. The molecule has 1 aromatic carbocycles. The Labute approximate surface area is 161 Å². The van der Waals surface area contributed by atoms with Crippen LogP contribution in [-0.2, 0) is 4.79 Å². The van der Waals surface area contributed by atoms with Gasteiger partial charge in [-0.2, -0.15) is 0 Å². The number of halogens is 2. The fourth-order valence-corrected chi connectivity index (χ4v) is 2.89. The Hall–Kier alpha value is -1.99. The summed E-state index contributed by atoms with van der Waals surface area (Å²) in [7, 11) is 0. The van der Waals surface area contributed by atoms with Gasteiger partial charge in [0.05, 0.1) is 5.02 Å². The minimum Gasteiger partial charge on any atom is -0.482 e.